The summed E-state index contributed by atoms with van der Waals surface area (Å²) in [5.41, 5.74) is -0.519. The smallest absolute Gasteiger partial charge is 0.407 e. The number of nitrogens with one attached hydrogen (secondary N) is 1. The fourth-order valence-corrected chi connectivity index (χ4v) is 1.97. The minimum Gasteiger partial charge on any atom is -0.444 e. The molecule has 17 heavy (non-hydrogen) atoms. The van der Waals surface area contributed by atoms with Crippen molar-refractivity contribution >= 4 is 17.4 Å². The fourth-order valence-electron chi connectivity index (χ4n) is 1.20. The van der Waals surface area contributed by atoms with E-state index in [1.54, 1.807) is 20.8 Å². The van der Waals surface area contributed by atoms with E-state index in [0.29, 0.717) is 0 Å². The van der Waals surface area contributed by atoms with E-state index in [0.717, 1.165) is 4.88 Å². The normalized spacial score (nSPS) is 12.6. The molecule has 0 aliphatic rings. The first-order chi connectivity index (χ1) is 7.92. The zero-order valence-corrected chi connectivity index (χ0v) is 11.0. The van der Waals surface area contributed by atoms with Crippen LogP contribution in [0.15, 0.2) is 17.5 Å². The van der Waals surface area contributed by atoms with Gasteiger partial charge in [0.2, 0.25) is 0 Å². The molecule has 0 fully saturated rings. The average Bonchev–Trinajstić information content (AvgIpc) is 2.69. The number of rotatable bonds is 3. The van der Waals surface area contributed by atoms with E-state index < -0.39 is 11.7 Å². The predicted molar refractivity (Wildman–Crippen MR) is 66.9 cm³/mol. The van der Waals surface area contributed by atoms with Crippen molar-refractivity contribution < 1.29 is 9.53 Å². The summed E-state index contributed by atoms with van der Waals surface area (Å²) in [5, 5.41) is 13.5. The molecule has 5 heteroatoms. The van der Waals surface area contributed by atoms with E-state index in [2.05, 4.69) is 11.4 Å². The quantitative estimate of drug-likeness (QED) is 0.899. The van der Waals surface area contributed by atoms with E-state index in [9.17, 15) is 4.79 Å². The lowest BCUT2D eigenvalue weighted by molar-refractivity contribution is 0.0527. The summed E-state index contributed by atoms with van der Waals surface area (Å²) in [4.78, 5) is 12.4. The summed E-state index contributed by atoms with van der Waals surface area (Å²) in [7, 11) is 0. The van der Waals surface area contributed by atoms with E-state index in [1.807, 2.05) is 17.5 Å². The molecule has 1 atom stereocenters. The number of nitrogens with zero attached hydrogens (tertiary/aromatic N) is 1. The zero-order chi connectivity index (χ0) is 12.9. The Hall–Kier alpha value is -1.54. The molecule has 4 nitrogen and oxygen atoms in total. The minimum absolute atomic E-state index is 0.270. The SMILES string of the molecule is CC(C)(C)OC(=O)NCC(C#N)c1cccs1. The zero-order valence-electron chi connectivity index (χ0n) is 10.2. The van der Waals surface area contributed by atoms with Crippen LogP contribution in [0.1, 0.15) is 31.6 Å². The molecule has 1 aromatic rings. The maximum atomic E-state index is 11.4. The van der Waals surface area contributed by atoms with Crippen molar-refractivity contribution in [3.05, 3.63) is 22.4 Å². The molecule has 0 saturated heterocycles. The molecule has 0 aliphatic carbocycles. The highest BCUT2D eigenvalue weighted by Gasteiger charge is 2.18. The Morgan fingerprint density at radius 1 is 1.65 bits per heavy atom. The van der Waals surface area contributed by atoms with E-state index >= 15 is 0 Å². The Balaban J connectivity index is 2.45. The maximum absolute atomic E-state index is 11.4. The van der Waals surface area contributed by atoms with Crippen LogP contribution in [0.3, 0.4) is 0 Å². The molecule has 0 radical (unpaired) electrons. The van der Waals surface area contributed by atoms with Crippen LogP contribution >= 0.6 is 11.3 Å². The second-order valence-corrected chi connectivity index (χ2v) is 5.56. The van der Waals surface area contributed by atoms with Crippen molar-refractivity contribution in [2.24, 2.45) is 0 Å². The van der Waals surface area contributed by atoms with Crippen LogP contribution < -0.4 is 5.32 Å². The third kappa shape index (κ3) is 4.87. The lowest BCUT2D eigenvalue weighted by Crippen LogP contribution is -2.34. The maximum Gasteiger partial charge on any atom is 0.407 e. The molecule has 0 spiro atoms. The predicted octanol–water partition coefficient (Wildman–Crippen LogP) is 2.88. The molecule has 1 aromatic heterocycles. The summed E-state index contributed by atoms with van der Waals surface area (Å²) in [6.45, 7) is 5.67. The number of amides is 1. The molecular formula is C12H16N2O2S. The number of ether oxygens (including phenoxy) is 1. The number of carbonyl (C=O) groups excluding carboxylic acids is 1. The number of hydrogen-bond donors (Lipinski definition) is 1. The van der Waals surface area contributed by atoms with Crippen molar-refractivity contribution in [3.63, 3.8) is 0 Å². The standard InChI is InChI=1S/C12H16N2O2S/c1-12(2,3)16-11(15)14-8-9(7-13)10-5-4-6-17-10/h4-6,9H,8H2,1-3H3,(H,14,15). The summed E-state index contributed by atoms with van der Waals surface area (Å²) >= 11 is 1.51. The van der Waals surface area contributed by atoms with E-state index in [1.165, 1.54) is 11.3 Å². The Kier molecular flexibility index (Phi) is 4.53. The van der Waals surface area contributed by atoms with Crippen molar-refractivity contribution in [1.29, 1.82) is 5.26 Å². The molecule has 0 aliphatic heterocycles. The molecule has 0 saturated carbocycles. The van der Waals surface area contributed by atoms with Gasteiger partial charge in [-0.05, 0) is 32.2 Å². The first-order valence-corrected chi connectivity index (χ1v) is 6.20. The lowest BCUT2D eigenvalue weighted by Gasteiger charge is -2.20. The number of hydrogen-bond acceptors (Lipinski definition) is 4. The highest BCUT2D eigenvalue weighted by molar-refractivity contribution is 7.10. The topological polar surface area (TPSA) is 62.1 Å². The Morgan fingerprint density at radius 2 is 2.35 bits per heavy atom. The molecule has 1 heterocycles. The molecule has 0 aromatic carbocycles. The summed E-state index contributed by atoms with van der Waals surface area (Å²) in [6.07, 6.45) is -0.491. The van der Waals surface area contributed by atoms with Gasteiger partial charge in [0.15, 0.2) is 0 Å². The van der Waals surface area contributed by atoms with Crippen molar-refractivity contribution in [1.82, 2.24) is 5.32 Å². The van der Waals surface area contributed by atoms with Gasteiger partial charge in [-0.25, -0.2) is 4.79 Å². The molecule has 1 amide bonds. The third-order valence-corrected chi connectivity index (χ3v) is 2.88. The monoisotopic (exact) mass is 252 g/mol. The minimum atomic E-state index is -0.519. The second kappa shape index (κ2) is 5.69. The highest BCUT2D eigenvalue weighted by atomic mass is 32.1. The molecule has 92 valence electrons. The second-order valence-electron chi connectivity index (χ2n) is 4.58. The van der Waals surface area contributed by atoms with Gasteiger partial charge in [-0.1, -0.05) is 6.07 Å². The molecule has 1 unspecified atom stereocenters. The number of nitriles is 1. The summed E-state index contributed by atoms with van der Waals surface area (Å²) in [6, 6.07) is 5.93. The van der Waals surface area contributed by atoms with Gasteiger partial charge >= 0.3 is 6.09 Å². The Morgan fingerprint density at radius 3 is 2.82 bits per heavy atom. The summed E-state index contributed by atoms with van der Waals surface area (Å²) < 4.78 is 5.09. The van der Waals surface area contributed by atoms with Crippen LogP contribution in [0.5, 0.6) is 0 Å². The van der Waals surface area contributed by atoms with Crippen LogP contribution in [0.4, 0.5) is 4.79 Å². The first kappa shape index (κ1) is 13.5. The van der Waals surface area contributed by atoms with Gasteiger partial charge in [0.25, 0.3) is 0 Å². The van der Waals surface area contributed by atoms with Gasteiger partial charge in [0, 0.05) is 11.4 Å². The molecule has 1 rings (SSSR count). The van der Waals surface area contributed by atoms with E-state index in [-0.39, 0.29) is 12.5 Å². The van der Waals surface area contributed by atoms with Crippen molar-refractivity contribution in [2.75, 3.05) is 6.54 Å². The van der Waals surface area contributed by atoms with Gasteiger partial charge in [0.05, 0.1) is 12.0 Å². The molecular weight excluding hydrogens is 236 g/mol. The van der Waals surface area contributed by atoms with Crippen LogP contribution in [-0.2, 0) is 4.74 Å². The average molecular weight is 252 g/mol. The van der Waals surface area contributed by atoms with Gasteiger partial charge < -0.3 is 10.1 Å². The Labute approximate surface area is 105 Å². The van der Waals surface area contributed by atoms with Crippen molar-refractivity contribution in [3.8, 4) is 6.07 Å². The van der Waals surface area contributed by atoms with Gasteiger partial charge in [-0.3, -0.25) is 0 Å². The van der Waals surface area contributed by atoms with Gasteiger partial charge in [0.1, 0.15) is 5.60 Å². The van der Waals surface area contributed by atoms with Crippen molar-refractivity contribution in [2.45, 2.75) is 32.3 Å². The van der Waals surface area contributed by atoms with E-state index in [4.69, 9.17) is 10.00 Å². The largest absolute Gasteiger partial charge is 0.444 e. The lowest BCUT2D eigenvalue weighted by atomic mass is 10.1. The summed E-state index contributed by atoms with van der Waals surface area (Å²) in [5.74, 6) is -0.317. The van der Waals surface area contributed by atoms with Crippen LogP contribution in [0, 0.1) is 11.3 Å². The molecule has 1 N–H and O–H groups in total. The van der Waals surface area contributed by atoms with Gasteiger partial charge in [-0.15, -0.1) is 11.3 Å². The fraction of sp³-hybridized carbons (Fsp3) is 0.500. The number of carbonyl (C=O) groups is 1. The molecule has 0 bridgehead atoms. The van der Waals surface area contributed by atoms with Gasteiger partial charge in [-0.2, -0.15) is 5.26 Å². The van der Waals surface area contributed by atoms with Crippen LogP contribution in [0.2, 0.25) is 0 Å². The van der Waals surface area contributed by atoms with Crippen LogP contribution in [-0.4, -0.2) is 18.2 Å². The highest BCUT2D eigenvalue weighted by Crippen LogP contribution is 2.19. The number of alkyl carbamates (subject to hydrolysis) is 1. The third-order valence-electron chi connectivity index (χ3n) is 1.89. The Bertz CT molecular complexity index is 401. The van der Waals surface area contributed by atoms with Crippen LogP contribution in [0.25, 0.3) is 0 Å². The first-order valence-electron chi connectivity index (χ1n) is 5.32. The number of thiophene rings is 1.